The average molecular weight is 463 g/mol. The van der Waals surface area contributed by atoms with Crippen molar-refractivity contribution in [3.05, 3.63) is 113 Å². The topological polar surface area (TPSA) is 79.5 Å². The van der Waals surface area contributed by atoms with E-state index in [0.29, 0.717) is 17.5 Å². The number of carboxylic acid groups (broad SMARTS) is 1. The number of aromatic nitrogens is 3. The Morgan fingerprint density at radius 3 is 2.40 bits per heavy atom. The lowest BCUT2D eigenvalue weighted by atomic mass is 9.97. The summed E-state index contributed by atoms with van der Waals surface area (Å²) in [7, 11) is 0. The lowest BCUT2D eigenvalue weighted by Gasteiger charge is -2.10. The van der Waals surface area contributed by atoms with Crippen LogP contribution in [0.1, 0.15) is 39.8 Å². The number of nitrogens with zero attached hydrogens (tertiary/aromatic N) is 3. The highest BCUT2D eigenvalue weighted by atomic mass is 16.4. The monoisotopic (exact) mass is 462 g/mol. The largest absolute Gasteiger partial charge is 0.478 e. The normalized spacial score (nSPS) is 11.0. The molecule has 174 valence electrons. The van der Waals surface area contributed by atoms with Crippen molar-refractivity contribution < 1.29 is 9.90 Å². The molecule has 5 rings (SSSR count). The first kappa shape index (κ1) is 22.3. The van der Waals surface area contributed by atoms with Crippen LogP contribution >= 0.6 is 0 Å². The van der Waals surface area contributed by atoms with E-state index in [2.05, 4.69) is 24.4 Å². The predicted octanol–water partition coefficient (Wildman–Crippen LogP) is 6.30. The quantitative estimate of drug-likeness (QED) is 0.297. The van der Waals surface area contributed by atoms with Crippen molar-refractivity contribution in [3.8, 4) is 11.1 Å². The van der Waals surface area contributed by atoms with E-state index in [0.717, 1.165) is 51.7 Å². The van der Waals surface area contributed by atoms with Crippen molar-refractivity contribution in [2.45, 2.75) is 26.7 Å². The van der Waals surface area contributed by atoms with E-state index in [4.69, 9.17) is 10.1 Å². The molecule has 6 nitrogen and oxygen atoms in total. The fourth-order valence-electron chi connectivity index (χ4n) is 4.38. The molecular formula is C29H26N4O2. The van der Waals surface area contributed by atoms with Gasteiger partial charge in [0.1, 0.15) is 5.82 Å². The summed E-state index contributed by atoms with van der Waals surface area (Å²) in [5, 5.41) is 17.9. The van der Waals surface area contributed by atoms with Crippen LogP contribution in [-0.4, -0.2) is 25.7 Å². The molecule has 0 aliphatic heterocycles. The molecule has 0 unspecified atom stereocenters. The summed E-state index contributed by atoms with van der Waals surface area (Å²) in [6, 6.07) is 27.2. The fraction of sp³-hybridized carbons (Fsp3) is 0.138. The molecule has 2 N–H and O–H groups in total. The second kappa shape index (κ2) is 9.43. The molecule has 0 aliphatic carbocycles. The number of aryl methyl sites for hydroxylation is 2. The summed E-state index contributed by atoms with van der Waals surface area (Å²) in [6.07, 6.45) is 1.49. The third kappa shape index (κ3) is 4.51. The summed E-state index contributed by atoms with van der Waals surface area (Å²) in [5.41, 5.74) is 7.89. The minimum atomic E-state index is -0.926. The Morgan fingerprint density at radius 1 is 0.971 bits per heavy atom. The van der Waals surface area contributed by atoms with Gasteiger partial charge in [-0.15, -0.1) is 0 Å². The van der Waals surface area contributed by atoms with E-state index < -0.39 is 5.97 Å². The predicted molar refractivity (Wildman–Crippen MR) is 138 cm³/mol. The third-order valence-corrected chi connectivity index (χ3v) is 6.08. The van der Waals surface area contributed by atoms with Crippen LogP contribution in [0, 0.1) is 6.92 Å². The summed E-state index contributed by atoms with van der Waals surface area (Å²) < 4.78 is 1.89. The molecule has 2 heterocycles. The summed E-state index contributed by atoms with van der Waals surface area (Å²) in [6.45, 7) is 4.10. The highest BCUT2D eigenvalue weighted by Crippen LogP contribution is 2.27. The minimum absolute atomic E-state index is 0.300. The average Bonchev–Trinajstić information content (AvgIpc) is 3.22. The number of anilines is 2. The lowest BCUT2D eigenvalue weighted by Crippen LogP contribution is -2.03. The zero-order chi connectivity index (χ0) is 24.4. The van der Waals surface area contributed by atoms with E-state index in [9.17, 15) is 9.90 Å². The zero-order valence-corrected chi connectivity index (χ0v) is 19.7. The van der Waals surface area contributed by atoms with Gasteiger partial charge in [0.25, 0.3) is 0 Å². The molecule has 35 heavy (non-hydrogen) atoms. The number of rotatable bonds is 7. The lowest BCUT2D eigenvalue weighted by molar-refractivity contribution is 0.0697. The van der Waals surface area contributed by atoms with Gasteiger partial charge in [-0.05, 0) is 48.2 Å². The van der Waals surface area contributed by atoms with Crippen LogP contribution in [0.15, 0.2) is 84.9 Å². The van der Waals surface area contributed by atoms with E-state index in [-0.39, 0.29) is 0 Å². The summed E-state index contributed by atoms with van der Waals surface area (Å²) >= 11 is 0. The molecule has 0 saturated carbocycles. The number of carbonyl (C=O) groups is 1. The maximum atomic E-state index is 11.6. The Bertz CT molecular complexity index is 1510. The van der Waals surface area contributed by atoms with Gasteiger partial charge >= 0.3 is 5.97 Å². The Hall–Kier alpha value is -4.45. The van der Waals surface area contributed by atoms with Gasteiger partial charge in [0.05, 0.1) is 11.3 Å². The molecule has 0 radical (unpaired) electrons. The Labute approximate surface area is 203 Å². The van der Waals surface area contributed by atoms with E-state index >= 15 is 0 Å². The number of carboxylic acids is 1. The van der Waals surface area contributed by atoms with Gasteiger partial charge in [-0.25, -0.2) is 9.78 Å². The van der Waals surface area contributed by atoms with Gasteiger partial charge in [0.2, 0.25) is 0 Å². The molecule has 0 aliphatic rings. The van der Waals surface area contributed by atoms with E-state index in [1.165, 1.54) is 0 Å². The number of benzene rings is 3. The smallest absolute Gasteiger partial charge is 0.336 e. The van der Waals surface area contributed by atoms with E-state index in [1.54, 1.807) is 12.1 Å². The maximum Gasteiger partial charge on any atom is 0.336 e. The first-order valence-corrected chi connectivity index (χ1v) is 11.7. The number of hydrogen-bond acceptors (Lipinski definition) is 4. The van der Waals surface area contributed by atoms with Gasteiger partial charge in [-0.1, -0.05) is 67.6 Å². The molecule has 0 bridgehead atoms. The number of aromatic carboxylic acids is 1. The highest BCUT2D eigenvalue weighted by Gasteiger charge is 2.17. The first-order chi connectivity index (χ1) is 17.0. The van der Waals surface area contributed by atoms with Crippen molar-refractivity contribution >= 4 is 23.1 Å². The van der Waals surface area contributed by atoms with Gasteiger partial charge in [-0.3, -0.25) is 0 Å². The molecule has 0 spiro atoms. The van der Waals surface area contributed by atoms with E-state index in [1.807, 2.05) is 72.1 Å². The SMILES string of the molecule is CCc1nn2c(Nc3ccccc3)cc(C)nc2c1Cc1ccc(-c2ccccc2C(=O)O)cc1. The van der Waals surface area contributed by atoms with Crippen LogP contribution in [0.25, 0.3) is 16.8 Å². The van der Waals surface area contributed by atoms with Gasteiger partial charge in [-0.2, -0.15) is 9.61 Å². The minimum Gasteiger partial charge on any atom is -0.478 e. The van der Waals surface area contributed by atoms with Crippen molar-refractivity contribution in [3.63, 3.8) is 0 Å². The number of nitrogens with one attached hydrogen (secondary N) is 1. The van der Waals surface area contributed by atoms with Gasteiger partial charge in [0.15, 0.2) is 5.65 Å². The Kier molecular flexibility index (Phi) is 6.02. The van der Waals surface area contributed by atoms with Gasteiger partial charge < -0.3 is 10.4 Å². The number of para-hydroxylation sites is 1. The van der Waals surface area contributed by atoms with Crippen molar-refractivity contribution in [1.82, 2.24) is 14.6 Å². The zero-order valence-electron chi connectivity index (χ0n) is 19.7. The molecule has 0 saturated heterocycles. The number of hydrogen-bond donors (Lipinski definition) is 2. The van der Waals surface area contributed by atoms with Crippen LogP contribution in [-0.2, 0) is 12.8 Å². The van der Waals surface area contributed by atoms with Crippen LogP contribution in [0.4, 0.5) is 11.5 Å². The molecule has 0 atom stereocenters. The molecule has 5 aromatic rings. The van der Waals surface area contributed by atoms with Crippen LogP contribution in [0.2, 0.25) is 0 Å². The van der Waals surface area contributed by atoms with Crippen LogP contribution in [0.3, 0.4) is 0 Å². The highest BCUT2D eigenvalue weighted by molar-refractivity contribution is 5.96. The van der Waals surface area contributed by atoms with Crippen molar-refractivity contribution in [2.75, 3.05) is 5.32 Å². The van der Waals surface area contributed by atoms with Crippen molar-refractivity contribution in [2.24, 2.45) is 0 Å². The van der Waals surface area contributed by atoms with Crippen LogP contribution < -0.4 is 5.32 Å². The third-order valence-electron chi connectivity index (χ3n) is 6.08. The summed E-state index contributed by atoms with van der Waals surface area (Å²) in [4.78, 5) is 16.5. The van der Waals surface area contributed by atoms with Gasteiger partial charge in [0, 0.05) is 29.4 Å². The standard InChI is InChI=1S/C29H26N4O2/c1-3-26-25(18-20-13-15-21(16-14-20)23-11-7-8-12-24(23)29(34)35)28-30-19(2)17-27(33(28)32-26)31-22-9-5-4-6-10-22/h4-17,31H,3,18H2,1-2H3,(H,34,35). The molecule has 3 aromatic carbocycles. The number of fused-ring (bicyclic) bond motifs is 1. The molecule has 0 fully saturated rings. The summed E-state index contributed by atoms with van der Waals surface area (Å²) in [5.74, 6) is -0.0507. The van der Waals surface area contributed by atoms with Crippen LogP contribution in [0.5, 0.6) is 0 Å². The second-order valence-corrected chi connectivity index (χ2v) is 8.51. The molecule has 6 heteroatoms. The Balaban J connectivity index is 1.50. The second-order valence-electron chi connectivity index (χ2n) is 8.51. The molecule has 2 aromatic heterocycles. The fourth-order valence-corrected chi connectivity index (χ4v) is 4.38. The molecular weight excluding hydrogens is 436 g/mol. The first-order valence-electron chi connectivity index (χ1n) is 11.7. The maximum absolute atomic E-state index is 11.6. The van der Waals surface area contributed by atoms with Crippen molar-refractivity contribution in [1.29, 1.82) is 0 Å². The Morgan fingerprint density at radius 2 is 1.69 bits per heavy atom. The molecule has 0 amide bonds.